The molecular weight excluding hydrogens is 613 g/mol. The molecule has 9 nitrogen and oxygen atoms in total. The van der Waals surface area contributed by atoms with E-state index in [-0.39, 0.29) is 11.7 Å². The SMILES string of the molecule is COc1ccc(N2C(=O)CS/C2=N\C(=S)NCCCc2cccc(-c3ncn(-c4ccc(OC(F)(F)F)cc4)n3)c2)c(C)c1. The van der Waals surface area contributed by atoms with Crippen LogP contribution in [0, 0.1) is 6.92 Å². The largest absolute Gasteiger partial charge is 0.573 e. The normalized spacial score (nSPS) is 14.2. The van der Waals surface area contributed by atoms with Gasteiger partial charge in [-0.05, 0) is 91.6 Å². The highest BCUT2D eigenvalue weighted by Gasteiger charge is 2.32. The zero-order valence-corrected chi connectivity index (χ0v) is 25.3. The standard InChI is InChI=1S/C30H27F3N6O3S2/c1-19-15-24(41-2)12-13-25(19)39-26(40)17-44-29(39)36-28(43)34-14-4-6-20-5-3-7-21(16-20)27-35-18-38(37-27)22-8-10-23(11-9-22)42-30(31,32)33/h3,5,7-13,15-16,18H,4,6,14,17H2,1-2H3,(H,34,43)/b36-29-. The molecule has 1 aliphatic rings. The highest BCUT2D eigenvalue weighted by Crippen LogP contribution is 2.31. The first-order valence-electron chi connectivity index (χ1n) is 13.4. The molecule has 0 spiro atoms. The smallest absolute Gasteiger partial charge is 0.497 e. The van der Waals surface area contributed by atoms with E-state index in [1.165, 1.54) is 47.0 Å². The van der Waals surface area contributed by atoms with Crippen molar-refractivity contribution in [2.24, 2.45) is 4.99 Å². The zero-order chi connectivity index (χ0) is 31.3. The highest BCUT2D eigenvalue weighted by molar-refractivity contribution is 8.15. The number of aliphatic imine (C=N–C) groups is 1. The van der Waals surface area contributed by atoms with Gasteiger partial charge in [0.25, 0.3) is 0 Å². The van der Waals surface area contributed by atoms with E-state index in [9.17, 15) is 18.0 Å². The number of aromatic nitrogens is 3. The van der Waals surface area contributed by atoms with E-state index in [0.29, 0.717) is 39.8 Å². The summed E-state index contributed by atoms with van der Waals surface area (Å²) in [6.07, 6.45) is -1.72. The van der Waals surface area contributed by atoms with Crippen molar-refractivity contribution >= 4 is 45.9 Å². The molecule has 0 atom stereocenters. The summed E-state index contributed by atoms with van der Waals surface area (Å²) in [7, 11) is 1.60. The number of ether oxygens (including phenoxy) is 2. The summed E-state index contributed by atoms with van der Waals surface area (Å²) in [6, 6.07) is 18.7. The number of nitrogens with one attached hydrogen (secondary N) is 1. The number of benzene rings is 3. The molecule has 2 heterocycles. The van der Waals surface area contributed by atoms with Crippen molar-refractivity contribution < 1.29 is 27.4 Å². The van der Waals surface area contributed by atoms with Crippen LogP contribution in [-0.2, 0) is 11.2 Å². The Hall–Kier alpha value is -4.43. The van der Waals surface area contributed by atoms with Crippen LogP contribution < -0.4 is 19.7 Å². The van der Waals surface area contributed by atoms with Crippen LogP contribution in [0.25, 0.3) is 17.1 Å². The van der Waals surface area contributed by atoms with Gasteiger partial charge in [-0.3, -0.25) is 9.69 Å². The van der Waals surface area contributed by atoms with Crippen LogP contribution >= 0.6 is 24.0 Å². The van der Waals surface area contributed by atoms with Crippen LogP contribution in [0.3, 0.4) is 0 Å². The number of amidine groups is 1. The first-order valence-corrected chi connectivity index (χ1v) is 14.8. The number of carbonyl (C=O) groups is 1. The highest BCUT2D eigenvalue weighted by atomic mass is 32.2. The van der Waals surface area contributed by atoms with Gasteiger partial charge in [0.1, 0.15) is 17.8 Å². The number of methoxy groups -OCH3 is 1. The summed E-state index contributed by atoms with van der Waals surface area (Å²) in [5, 5.41) is 8.47. The number of carbonyl (C=O) groups excluding carboxylic acids is 1. The van der Waals surface area contributed by atoms with E-state index in [1.54, 1.807) is 12.0 Å². The molecule has 14 heteroatoms. The number of aryl methyl sites for hydroxylation is 2. The Balaban J connectivity index is 1.15. The number of thioether (sulfide) groups is 1. The number of amides is 1. The van der Waals surface area contributed by atoms with Crippen LogP contribution in [0.4, 0.5) is 18.9 Å². The van der Waals surface area contributed by atoms with Crippen LogP contribution in [0.5, 0.6) is 11.5 Å². The Morgan fingerprint density at radius 1 is 1.11 bits per heavy atom. The van der Waals surface area contributed by atoms with E-state index < -0.39 is 6.36 Å². The Morgan fingerprint density at radius 3 is 2.61 bits per heavy atom. The molecule has 1 amide bonds. The molecule has 4 aromatic rings. The van der Waals surface area contributed by atoms with Gasteiger partial charge in [-0.25, -0.2) is 9.67 Å². The monoisotopic (exact) mass is 640 g/mol. The van der Waals surface area contributed by atoms with E-state index >= 15 is 0 Å². The van der Waals surface area contributed by atoms with Gasteiger partial charge in [-0.2, -0.15) is 4.99 Å². The lowest BCUT2D eigenvalue weighted by atomic mass is 10.1. The van der Waals surface area contributed by atoms with Gasteiger partial charge in [-0.1, -0.05) is 30.0 Å². The first kappa shape index (κ1) is 31.0. The molecule has 0 radical (unpaired) electrons. The second-order valence-corrected chi connectivity index (χ2v) is 11.0. The van der Waals surface area contributed by atoms with Gasteiger partial charge in [0.2, 0.25) is 5.91 Å². The molecule has 1 N–H and O–H groups in total. The number of hydrogen-bond acceptors (Lipinski definition) is 7. The van der Waals surface area contributed by atoms with Crippen molar-refractivity contribution in [2.75, 3.05) is 24.3 Å². The maximum atomic E-state index is 12.6. The fourth-order valence-corrected chi connectivity index (χ4v) is 5.60. The van der Waals surface area contributed by atoms with Gasteiger partial charge in [0.05, 0.1) is 24.2 Å². The summed E-state index contributed by atoms with van der Waals surface area (Å²) in [4.78, 5) is 23.1. The number of thiocarbonyl (C=S) groups is 1. The summed E-state index contributed by atoms with van der Waals surface area (Å²) in [5.74, 6) is 1.12. The third-order valence-electron chi connectivity index (χ3n) is 6.54. The predicted molar refractivity (Wildman–Crippen MR) is 168 cm³/mol. The van der Waals surface area contributed by atoms with Gasteiger partial charge >= 0.3 is 6.36 Å². The summed E-state index contributed by atoms with van der Waals surface area (Å²) in [6.45, 7) is 2.50. The van der Waals surface area contributed by atoms with Crippen molar-refractivity contribution in [3.05, 3.63) is 84.2 Å². The number of halogens is 3. The Morgan fingerprint density at radius 2 is 1.89 bits per heavy atom. The molecule has 0 bridgehead atoms. The number of nitrogens with zero attached hydrogens (tertiary/aromatic N) is 5. The Kier molecular flexibility index (Phi) is 9.49. The molecule has 3 aromatic carbocycles. The lowest BCUT2D eigenvalue weighted by Crippen LogP contribution is -2.32. The summed E-state index contributed by atoms with van der Waals surface area (Å²) < 4.78 is 47.9. The summed E-state index contributed by atoms with van der Waals surface area (Å²) >= 11 is 6.79. The van der Waals surface area contributed by atoms with Crippen molar-refractivity contribution in [1.29, 1.82) is 0 Å². The van der Waals surface area contributed by atoms with Gasteiger partial charge in [-0.15, -0.1) is 18.3 Å². The second-order valence-electron chi connectivity index (χ2n) is 9.65. The maximum Gasteiger partial charge on any atom is 0.573 e. The number of hydrogen-bond donors (Lipinski definition) is 1. The molecule has 1 aromatic heterocycles. The molecule has 228 valence electrons. The topological polar surface area (TPSA) is 93.9 Å². The molecule has 1 fully saturated rings. The van der Waals surface area contributed by atoms with Gasteiger partial charge in [0, 0.05) is 12.1 Å². The van der Waals surface area contributed by atoms with Gasteiger partial charge in [0.15, 0.2) is 16.1 Å². The molecule has 1 saturated heterocycles. The van der Waals surface area contributed by atoms with Crippen LogP contribution in [0.15, 0.2) is 78.0 Å². The third-order valence-corrected chi connectivity index (χ3v) is 7.70. The second kappa shape index (κ2) is 13.5. The molecule has 44 heavy (non-hydrogen) atoms. The van der Waals surface area contributed by atoms with Crippen molar-refractivity contribution in [3.8, 4) is 28.6 Å². The average molecular weight is 641 g/mol. The molecule has 0 unspecified atom stereocenters. The Labute approximate surface area is 261 Å². The van der Waals surface area contributed by atoms with E-state index in [2.05, 4.69) is 25.1 Å². The van der Waals surface area contributed by atoms with Crippen LogP contribution in [0.2, 0.25) is 0 Å². The lowest BCUT2D eigenvalue weighted by Gasteiger charge is -2.19. The fraction of sp³-hybridized carbons (Fsp3) is 0.233. The van der Waals surface area contributed by atoms with Crippen LogP contribution in [0.1, 0.15) is 17.5 Å². The van der Waals surface area contributed by atoms with E-state index in [1.807, 2.05) is 49.4 Å². The molecule has 1 aliphatic heterocycles. The number of rotatable bonds is 9. The quantitative estimate of drug-likeness (QED) is 0.174. The van der Waals surface area contributed by atoms with Crippen molar-refractivity contribution in [2.45, 2.75) is 26.1 Å². The van der Waals surface area contributed by atoms with Crippen LogP contribution in [-0.4, -0.2) is 56.7 Å². The van der Waals surface area contributed by atoms with Crippen molar-refractivity contribution in [3.63, 3.8) is 0 Å². The fourth-order valence-electron chi connectivity index (χ4n) is 4.49. The number of anilines is 1. The maximum absolute atomic E-state index is 12.6. The van der Waals surface area contributed by atoms with E-state index in [0.717, 1.165) is 35.2 Å². The van der Waals surface area contributed by atoms with Crippen molar-refractivity contribution in [1.82, 2.24) is 20.1 Å². The molecule has 5 rings (SSSR count). The molecule has 0 saturated carbocycles. The minimum Gasteiger partial charge on any atom is -0.497 e. The Bertz CT molecular complexity index is 1690. The third kappa shape index (κ3) is 7.74. The minimum atomic E-state index is -4.75. The molecule has 0 aliphatic carbocycles. The lowest BCUT2D eigenvalue weighted by molar-refractivity contribution is -0.274. The molecular formula is C30H27F3N6O3S2. The van der Waals surface area contributed by atoms with E-state index in [4.69, 9.17) is 17.0 Å². The minimum absolute atomic E-state index is 0.0579. The average Bonchev–Trinajstić information content (AvgIpc) is 3.62. The predicted octanol–water partition coefficient (Wildman–Crippen LogP) is 6.09. The summed E-state index contributed by atoms with van der Waals surface area (Å²) in [5.41, 5.74) is 4.07. The van der Waals surface area contributed by atoms with Gasteiger partial charge < -0.3 is 14.8 Å². The zero-order valence-electron chi connectivity index (χ0n) is 23.7. The first-order chi connectivity index (χ1) is 21.1. The number of alkyl halides is 3.